The molecule has 0 saturated heterocycles. The maximum absolute atomic E-state index is 12.5. The minimum atomic E-state index is -5.23. The summed E-state index contributed by atoms with van der Waals surface area (Å²) >= 11 is 0. The molecule has 0 aliphatic rings. The lowest BCUT2D eigenvalue weighted by Gasteiger charge is -2.21. The SMILES string of the molecule is COC[P+](=O)CC[C@H](NC(=O)C(F)(F)F)C(=O)N[C@@H](C)C(=O)N[C@@H](C)C(=O)OC. The summed E-state index contributed by atoms with van der Waals surface area (Å²) in [6.45, 7) is 2.56. The van der Waals surface area contributed by atoms with Crippen LogP contribution in [0.25, 0.3) is 0 Å². The topological polar surface area (TPSA) is 140 Å². The third-order valence-electron chi connectivity index (χ3n) is 3.49. The van der Waals surface area contributed by atoms with Gasteiger partial charge in [-0.3, -0.25) is 14.4 Å². The second-order valence-corrected chi connectivity index (χ2v) is 7.59. The first-order valence-electron chi connectivity index (χ1n) is 8.30. The van der Waals surface area contributed by atoms with E-state index >= 15 is 0 Å². The number of hydrogen-bond acceptors (Lipinski definition) is 7. The van der Waals surface area contributed by atoms with E-state index in [1.807, 2.05) is 0 Å². The molecule has 0 saturated carbocycles. The van der Waals surface area contributed by atoms with Gasteiger partial charge >= 0.3 is 25.9 Å². The Balaban J connectivity index is 5.07. The van der Waals surface area contributed by atoms with E-state index in [2.05, 4.69) is 20.1 Å². The number of nitrogens with one attached hydrogen (secondary N) is 3. The highest BCUT2D eigenvalue weighted by atomic mass is 31.1. The average Bonchev–Trinajstić information content (AvgIpc) is 2.63. The molecule has 0 aromatic rings. The molecule has 0 heterocycles. The Bertz CT molecular complexity index is 631. The molecule has 0 aliphatic carbocycles. The molecule has 3 amide bonds. The summed E-state index contributed by atoms with van der Waals surface area (Å²) in [7, 11) is 0.426. The molecule has 1 unspecified atom stereocenters. The number of carbonyl (C=O) groups is 4. The third kappa shape index (κ3) is 10.2. The van der Waals surface area contributed by atoms with Crippen LogP contribution >= 0.6 is 7.80 Å². The van der Waals surface area contributed by atoms with Gasteiger partial charge in [-0.2, -0.15) is 13.2 Å². The number of amides is 3. The molecule has 10 nitrogen and oxygen atoms in total. The number of esters is 1. The van der Waals surface area contributed by atoms with Crippen molar-refractivity contribution < 1.29 is 46.4 Å². The maximum Gasteiger partial charge on any atom is 0.471 e. The van der Waals surface area contributed by atoms with Crippen LogP contribution in [0.15, 0.2) is 0 Å². The Labute approximate surface area is 166 Å². The highest BCUT2D eigenvalue weighted by molar-refractivity contribution is 7.44. The fourth-order valence-corrected chi connectivity index (χ4v) is 2.91. The van der Waals surface area contributed by atoms with Gasteiger partial charge in [0.15, 0.2) is 6.16 Å². The summed E-state index contributed by atoms with van der Waals surface area (Å²) in [5, 5.41) is 5.91. The Hall–Kier alpha value is -2.27. The van der Waals surface area contributed by atoms with Crippen LogP contribution in [0.4, 0.5) is 13.2 Å². The molecule has 0 bridgehead atoms. The summed E-state index contributed by atoms with van der Waals surface area (Å²) in [5.74, 6) is -4.98. The molecule has 0 rings (SSSR count). The van der Waals surface area contributed by atoms with Crippen molar-refractivity contribution in [3.8, 4) is 0 Å². The predicted octanol–water partition coefficient (Wildman–Crippen LogP) is 0.0373. The Morgan fingerprint density at radius 2 is 1.52 bits per heavy atom. The van der Waals surface area contributed by atoms with Crippen LogP contribution in [0.1, 0.15) is 20.3 Å². The molecule has 0 radical (unpaired) electrons. The zero-order valence-corrected chi connectivity index (χ0v) is 17.2. The fraction of sp³-hybridized carbons (Fsp3) is 0.733. The van der Waals surface area contributed by atoms with Crippen LogP contribution < -0.4 is 16.0 Å². The largest absolute Gasteiger partial charge is 0.471 e. The van der Waals surface area contributed by atoms with E-state index in [1.54, 1.807) is 0 Å². The van der Waals surface area contributed by atoms with Crippen molar-refractivity contribution in [2.45, 2.75) is 44.6 Å². The van der Waals surface area contributed by atoms with Gasteiger partial charge in [-0.15, -0.1) is 0 Å². The number of alkyl halides is 3. The average molecular weight is 446 g/mol. The number of rotatable bonds is 11. The second-order valence-electron chi connectivity index (χ2n) is 5.92. The number of carbonyl (C=O) groups excluding carboxylic acids is 4. The smallest absolute Gasteiger partial charge is 0.467 e. The Morgan fingerprint density at radius 3 is 2.00 bits per heavy atom. The summed E-state index contributed by atoms with van der Waals surface area (Å²) in [6.07, 6.45) is -5.97. The van der Waals surface area contributed by atoms with Gasteiger partial charge in [0.25, 0.3) is 0 Å². The number of hydrogen-bond donors (Lipinski definition) is 3. The van der Waals surface area contributed by atoms with Gasteiger partial charge in [0.05, 0.1) is 7.11 Å². The highest BCUT2D eigenvalue weighted by Gasteiger charge is 2.41. The fourth-order valence-electron chi connectivity index (χ4n) is 1.94. The molecule has 29 heavy (non-hydrogen) atoms. The van der Waals surface area contributed by atoms with Crippen molar-refractivity contribution in [3.05, 3.63) is 0 Å². The van der Waals surface area contributed by atoms with Gasteiger partial charge in [-0.25, -0.2) is 4.79 Å². The first-order chi connectivity index (χ1) is 13.3. The van der Waals surface area contributed by atoms with Crippen LogP contribution in [0, 0.1) is 0 Å². The number of ether oxygens (including phenoxy) is 2. The summed E-state index contributed by atoms with van der Waals surface area (Å²) in [6, 6.07) is -3.95. The monoisotopic (exact) mass is 446 g/mol. The van der Waals surface area contributed by atoms with Gasteiger partial charge in [0, 0.05) is 13.5 Å². The van der Waals surface area contributed by atoms with E-state index in [1.165, 1.54) is 26.3 Å². The van der Waals surface area contributed by atoms with Gasteiger partial charge < -0.3 is 25.4 Å². The van der Waals surface area contributed by atoms with Crippen molar-refractivity contribution in [3.63, 3.8) is 0 Å². The van der Waals surface area contributed by atoms with Crippen LogP contribution in [0.5, 0.6) is 0 Å². The molecule has 166 valence electrons. The van der Waals surface area contributed by atoms with Crippen molar-refractivity contribution in [1.29, 1.82) is 0 Å². The van der Waals surface area contributed by atoms with Crippen LogP contribution in [0.2, 0.25) is 0 Å². The molecule has 0 aliphatic heterocycles. The molecular formula is C15H24F3N3O7P+. The van der Waals surface area contributed by atoms with Crippen molar-refractivity contribution in [2.24, 2.45) is 0 Å². The zero-order chi connectivity index (χ0) is 22.8. The normalized spacial score (nSPS) is 14.8. The summed E-state index contributed by atoms with van der Waals surface area (Å²) in [4.78, 5) is 46.8. The van der Waals surface area contributed by atoms with E-state index in [-0.39, 0.29) is 18.9 Å². The Morgan fingerprint density at radius 1 is 0.966 bits per heavy atom. The standard InChI is InChI=1S/C15H23F3N3O7P/c1-8(11(22)20-9(2)13(24)28-4)19-12(23)10(5-6-29(26)7-27-3)21-14(25)15(16,17)18/h8-10H,5-7H2,1-4H3,(H2-,19,20,21,22,23,25)/p+1/t8-,9-,10-/m0/s1. The molecule has 0 aromatic carbocycles. The lowest BCUT2D eigenvalue weighted by Crippen LogP contribution is -2.55. The Kier molecular flexibility index (Phi) is 11.4. The molecule has 4 atom stereocenters. The molecule has 0 aromatic heterocycles. The number of methoxy groups -OCH3 is 2. The van der Waals surface area contributed by atoms with Crippen LogP contribution in [-0.2, 0) is 33.2 Å². The van der Waals surface area contributed by atoms with Crippen LogP contribution in [0.3, 0.4) is 0 Å². The predicted molar refractivity (Wildman–Crippen MR) is 94.2 cm³/mol. The first-order valence-corrected chi connectivity index (χ1v) is 9.93. The highest BCUT2D eigenvalue weighted by Crippen LogP contribution is 2.22. The summed E-state index contributed by atoms with van der Waals surface area (Å²) in [5.41, 5.74) is 0. The van der Waals surface area contributed by atoms with Gasteiger partial charge in [-0.1, -0.05) is 4.57 Å². The van der Waals surface area contributed by atoms with E-state index in [0.717, 1.165) is 7.11 Å². The van der Waals surface area contributed by atoms with Crippen molar-refractivity contribution >= 4 is 31.5 Å². The van der Waals surface area contributed by atoms with E-state index in [9.17, 15) is 36.9 Å². The van der Waals surface area contributed by atoms with Gasteiger partial charge in [0.1, 0.15) is 18.1 Å². The summed E-state index contributed by atoms with van der Waals surface area (Å²) < 4.78 is 58.2. The van der Waals surface area contributed by atoms with Gasteiger partial charge in [0.2, 0.25) is 18.2 Å². The second kappa shape index (κ2) is 12.3. The quantitative estimate of drug-likeness (QED) is 0.301. The lowest BCUT2D eigenvalue weighted by molar-refractivity contribution is -0.174. The lowest BCUT2D eigenvalue weighted by atomic mass is 10.2. The maximum atomic E-state index is 12.5. The van der Waals surface area contributed by atoms with Gasteiger partial charge in [-0.05, 0) is 13.8 Å². The first kappa shape index (κ1) is 26.7. The molecule has 0 fully saturated rings. The van der Waals surface area contributed by atoms with Crippen LogP contribution in [-0.4, -0.2) is 74.7 Å². The molecule has 0 spiro atoms. The van der Waals surface area contributed by atoms with E-state index in [4.69, 9.17) is 0 Å². The minimum Gasteiger partial charge on any atom is -0.467 e. The van der Waals surface area contributed by atoms with Crippen molar-refractivity contribution in [2.75, 3.05) is 26.7 Å². The van der Waals surface area contributed by atoms with E-state index in [0.29, 0.717) is 0 Å². The zero-order valence-electron chi connectivity index (χ0n) is 16.3. The van der Waals surface area contributed by atoms with E-state index < -0.39 is 55.8 Å². The molecule has 3 N–H and O–H groups in total. The molecular weight excluding hydrogens is 422 g/mol. The van der Waals surface area contributed by atoms with Crippen molar-refractivity contribution in [1.82, 2.24) is 16.0 Å². The third-order valence-corrected chi connectivity index (χ3v) is 4.79. The molecule has 14 heteroatoms. The number of halogens is 3. The minimum absolute atomic E-state index is 0.166.